The molecule has 0 bridgehead atoms. The Balaban J connectivity index is 1.66. The van der Waals surface area contributed by atoms with Gasteiger partial charge in [-0.05, 0) is 73.1 Å². The molecule has 1 heterocycles. The van der Waals surface area contributed by atoms with Gasteiger partial charge in [-0.2, -0.15) is 0 Å². The summed E-state index contributed by atoms with van der Waals surface area (Å²) < 4.78 is 17.1. The molecule has 1 aliphatic heterocycles. The standard InChI is InChI=1S/C20H28O3/c1-20-10-8-16-15-7-5-14(21-2)12-13(15)4-6-17(16)18(20)9-11-23-19(20)22-3/h5,7,12,16-19H,4,6,8-11H2,1-3H3/t16-,17-,18+,19+,20+/m1/s1. The van der Waals surface area contributed by atoms with Gasteiger partial charge in [0.05, 0.1) is 13.7 Å². The average molecular weight is 316 g/mol. The van der Waals surface area contributed by atoms with Crippen LogP contribution in [0.4, 0.5) is 0 Å². The summed E-state index contributed by atoms with van der Waals surface area (Å²) in [6.07, 6.45) is 6.08. The van der Waals surface area contributed by atoms with Crippen molar-refractivity contribution >= 4 is 0 Å². The van der Waals surface area contributed by atoms with Gasteiger partial charge in [0.25, 0.3) is 0 Å². The van der Waals surface area contributed by atoms with E-state index in [9.17, 15) is 0 Å². The van der Waals surface area contributed by atoms with Crippen LogP contribution in [0.3, 0.4) is 0 Å². The highest BCUT2D eigenvalue weighted by atomic mass is 16.7. The number of ether oxygens (including phenoxy) is 3. The van der Waals surface area contributed by atoms with Crippen molar-refractivity contribution in [3.63, 3.8) is 0 Å². The van der Waals surface area contributed by atoms with Crippen LogP contribution < -0.4 is 4.74 Å². The number of aryl methyl sites for hydroxylation is 1. The summed E-state index contributed by atoms with van der Waals surface area (Å²) in [5.41, 5.74) is 3.26. The molecule has 0 unspecified atom stereocenters. The van der Waals surface area contributed by atoms with E-state index in [1.165, 1.54) is 37.7 Å². The van der Waals surface area contributed by atoms with Crippen molar-refractivity contribution < 1.29 is 14.2 Å². The molecule has 1 saturated heterocycles. The molecule has 0 aromatic heterocycles. The minimum Gasteiger partial charge on any atom is -0.497 e. The maximum absolute atomic E-state index is 5.94. The molecule has 1 saturated carbocycles. The molecule has 1 aromatic carbocycles. The number of fused-ring (bicyclic) bond motifs is 5. The van der Waals surface area contributed by atoms with Crippen molar-refractivity contribution in [2.75, 3.05) is 20.8 Å². The monoisotopic (exact) mass is 316 g/mol. The van der Waals surface area contributed by atoms with E-state index in [2.05, 4.69) is 25.1 Å². The quantitative estimate of drug-likeness (QED) is 0.820. The number of hydrogen-bond acceptors (Lipinski definition) is 3. The lowest BCUT2D eigenvalue weighted by molar-refractivity contribution is -0.254. The van der Waals surface area contributed by atoms with E-state index in [0.29, 0.717) is 5.92 Å². The van der Waals surface area contributed by atoms with Crippen molar-refractivity contribution in [2.24, 2.45) is 17.3 Å². The van der Waals surface area contributed by atoms with Gasteiger partial charge in [-0.25, -0.2) is 0 Å². The Kier molecular flexibility index (Phi) is 3.89. The lowest BCUT2D eigenvalue weighted by Crippen LogP contribution is -2.53. The van der Waals surface area contributed by atoms with Gasteiger partial charge < -0.3 is 14.2 Å². The summed E-state index contributed by atoms with van der Waals surface area (Å²) in [4.78, 5) is 0. The van der Waals surface area contributed by atoms with Gasteiger partial charge in [-0.15, -0.1) is 0 Å². The maximum Gasteiger partial charge on any atom is 0.162 e. The van der Waals surface area contributed by atoms with E-state index in [0.717, 1.165) is 24.2 Å². The number of rotatable bonds is 2. The first kappa shape index (κ1) is 15.5. The third kappa shape index (κ3) is 2.32. The molecular weight excluding hydrogens is 288 g/mol. The zero-order valence-corrected chi connectivity index (χ0v) is 14.5. The van der Waals surface area contributed by atoms with E-state index in [-0.39, 0.29) is 11.7 Å². The Morgan fingerprint density at radius 1 is 1.17 bits per heavy atom. The van der Waals surface area contributed by atoms with Crippen LogP contribution in [0.5, 0.6) is 5.75 Å². The van der Waals surface area contributed by atoms with Gasteiger partial charge in [0.1, 0.15) is 5.75 Å². The summed E-state index contributed by atoms with van der Waals surface area (Å²) in [7, 11) is 3.55. The molecule has 2 fully saturated rings. The fraction of sp³-hybridized carbons (Fsp3) is 0.700. The van der Waals surface area contributed by atoms with Gasteiger partial charge in [0, 0.05) is 12.5 Å². The molecule has 3 nitrogen and oxygen atoms in total. The number of methoxy groups -OCH3 is 2. The van der Waals surface area contributed by atoms with Crippen LogP contribution in [0.1, 0.15) is 49.7 Å². The van der Waals surface area contributed by atoms with Gasteiger partial charge in [-0.1, -0.05) is 13.0 Å². The first-order chi connectivity index (χ1) is 11.2. The van der Waals surface area contributed by atoms with E-state index >= 15 is 0 Å². The molecule has 0 radical (unpaired) electrons. The highest BCUT2D eigenvalue weighted by Crippen LogP contribution is 2.58. The molecule has 0 N–H and O–H groups in total. The summed E-state index contributed by atoms with van der Waals surface area (Å²) >= 11 is 0. The molecule has 3 aliphatic rings. The first-order valence-electron chi connectivity index (χ1n) is 8.98. The predicted octanol–water partition coefficient (Wildman–Crippen LogP) is 4.15. The second-order valence-corrected chi connectivity index (χ2v) is 7.75. The summed E-state index contributed by atoms with van der Waals surface area (Å²) in [6, 6.07) is 6.71. The minimum absolute atomic E-state index is 0.0283. The lowest BCUT2D eigenvalue weighted by atomic mass is 9.53. The smallest absolute Gasteiger partial charge is 0.162 e. The number of benzene rings is 1. The molecule has 2 aliphatic carbocycles. The van der Waals surface area contributed by atoms with Crippen LogP contribution >= 0.6 is 0 Å². The van der Waals surface area contributed by atoms with Crippen molar-refractivity contribution in [1.29, 1.82) is 0 Å². The molecular formula is C20H28O3. The topological polar surface area (TPSA) is 27.7 Å². The average Bonchev–Trinajstić information content (AvgIpc) is 2.59. The SMILES string of the molecule is COc1ccc2c(c1)CC[C@@H]1[C@@H]2CC[C@]2(C)[C@@H](OC)OCC[C@@H]12. The van der Waals surface area contributed by atoms with E-state index < -0.39 is 0 Å². The van der Waals surface area contributed by atoms with Crippen LogP contribution in [0, 0.1) is 17.3 Å². The number of hydrogen-bond donors (Lipinski definition) is 0. The van der Waals surface area contributed by atoms with Crippen LogP contribution in [-0.2, 0) is 15.9 Å². The Morgan fingerprint density at radius 2 is 2.04 bits per heavy atom. The Labute approximate surface area is 139 Å². The van der Waals surface area contributed by atoms with Crippen LogP contribution in [0.2, 0.25) is 0 Å². The summed E-state index contributed by atoms with van der Waals surface area (Å²) in [5, 5.41) is 0. The fourth-order valence-corrected chi connectivity index (χ4v) is 5.70. The normalized spacial score (nSPS) is 39.1. The summed E-state index contributed by atoms with van der Waals surface area (Å²) in [5.74, 6) is 3.19. The van der Waals surface area contributed by atoms with Crippen LogP contribution in [0.25, 0.3) is 0 Å². The Hall–Kier alpha value is -1.06. The summed E-state index contributed by atoms with van der Waals surface area (Å²) in [6.45, 7) is 3.24. The first-order valence-corrected chi connectivity index (χ1v) is 8.98. The lowest BCUT2D eigenvalue weighted by Gasteiger charge is -2.56. The van der Waals surface area contributed by atoms with Crippen LogP contribution in [-0.4, -0.2) is 27.1 Å². The Morgan fingerprint density at radius 3 is 2.83 bits per heavy atom. The van der Waals surface area contributed by atoms with Crippen LogP contribution in [0.15, 0.2) is 18.2 Å². The molecule has 3 heteroatoms. The molecule has 0 amide bonds. The fourth-order valence-electron chi connectivity index (χ4n) is 5.70. The molecule has 0 spiro atoms. The Bertz CT molecular complexity index is 584. The van der Waals surface area contributed by atoms with Crippen molar-refractivity contribution in [2.45, 2.75) is 51.2 Å². The molecule has 23 heavy (non-hydrogen) atoms. The zero-order valence-electron chi connectivity index (χ0n) is 14.5. The zero-order chi connectivity index (χ0) is 16.0. The highest BCUT2D eigenvalue weighted by Gasteiger charge is 2.54. The maximum atomic E-state index is 5.94. The van der Waals surface area contributed by atoms with Crippen molar-refractivity contribution in [1.82, 2.24) is 0 Å². The van der Waals surface area contributed by atoms with E-state index in [1.807, 2.05) is 0 Å². The molecule has 126 valence electrons. The van der Waals surface area contributed by atoms with Gasteiger partial charge in [-0.3, -0.25) is 0 Å². The third-order valence-corrected chi connectivity index (χ3v) is 6.82. The highest BCUT2D eigenvalue weighted by molar-refractivity contribution is 5.40. The second-order valence-electron chi connectivity index (χ2n) is 7.75. The molecule has 4 rings (SSSR count). The van der Waals surface area contributed by atoms with Gasteiger partial charge in [0.2, 0.25) is 0 Å². The van der Waals surface area contributed by atoms with Gasteiger partial charge in [0.15, 0.2) is 6.29 Å². The molecule has 5 atom stereocenters. The van der Waals surface area contributed by atoms with Crippen molar-refractivity contribution in [3.8, 4) is 5.75 Å². The molecule has 1 aromatic rings. The minimum atomic E-state index is -0.0283. The second kappa shape index (κ2) is 5.78. The van der Waals surface area contributed by atoms with Gasteiger partial charge >= 0.3 is 0 Å². The largest absolute Gasteiger partial charge is 0.497 e. The van der Waals surface area contributed by atoms with Crippen molar-refractivity contribution in [3.05, 3.63) is 29.3 Å². The third-order valence-electron chi connectivity index (χ3n) is 6.82. The predicted molar refractivity (Wildman–Crippen MR) is 89.7 cm³/mol. The van der Waals surface area contributed by atoms with E-state index in [4.69, 9.17) is 14.2 Å². The van der Waals surface area contributed by atoms with E-state index in [1.54, 1.807) is 19.8 Å².